The third-order valence-corrected chi connectivity index (χ3v) is 4.33. The highest BCUT2D eigenvalue weighted by molar-refractivity contribution is 8.00. The number of nitrogens with one attached hydrogen (secondary N) is 1. The SMILES string of the molecule is Cc1ccccc1SCC(=O)N1CCNC(C)C1. The van der Waals surface area contributed by atoms with Crippen molar-refractivity contribution in [3.05, 3.63) is 29.8 Å². The Morgan fingerprint density at radius 1 is 1.50 bits per heavy atom. The minimum atomic E-state index is 0.247. The molecule has 1 aliphatic rings. The van der Waals surface area contributed by atoms with E-state index in [2.05, 4.69) is 31.3 Å². The zero-order chi connectivity index (χ0) is 13.0. The number of benzene rings is 1. The van der Waals surface area contributed by atoms with Crippen LogP contribution in [0.15, 0.2) is 29.2 Å². The number of hydrogen-bond donors (Lipinski definition) is 1. The molecule has 3 nitrogen and oxygen atoms in total. The molecule has 4 heteroatoms. The maximum atomic E-state index is 12.1. The number of hydrogen-bond acceptors (Lipinski definition) is 3. The topological polar surface area (TPSA) is 32.3 Å². The Hall–Kier alpha value is -1.00. The van der Waals surface area contributed by atoms with Crippen LogP contribution in [0.2, 0.25) is 0 Å². The summed E-state index contributed by atoms with van der Waals surface area (Å²) in [6.07, 6.45) is 0. The minimum absolute atomic E-state index is 0.247. The van der Waals surface area contributed by atoms with Crippen LogP contribution < -0.4 is 5.32 Å². The molecule has 1 heterocycles. The van der Waals surface area contributed by atoms with Gasteiger partial charge in [-0.05, 0) is 25.5 Å². The Morgan fingerprint density at radius 3 is 3.00 bits per heavy atom. The lowest BCUT2D eigenvalue weighted by atomic mass is 10.2. The van der Waals surface area contributed by atoms with E-state index in [4.69, 9.17) is 0 Å². The van der Waals surface area contributed by atoms with Crippen molar-refractivity contribution in [1.29, 1.82) is 0 Å². The van der Waals surface area contributed by atoms with Gasteiger partial charge in [0.1, 0.15) is 0 Å². The average Bonchev–Trinajstić information content (AvgIpc) is 2.37. The lowest BCUT2D eigenvalue weighted by molar-refractivity contribution is -0.129. The summed E-state index contributed by atoms with van der Waals surface area (Å²) in [5.74, 6) is 0.786. The van der Waals surface area contributed by atoms with Crippen LogP contribution >= 0.6 is 11.8 Å². The Kier molecular flexibility index (Phi) is 4.66. The molecule has 0 bridgehead atoms. The first kappa shape index (κ1) is 13.4. The molecule has 1 amide bonds. The Balaban J connectivity index is 1.86. The van der Waals surface area contributed by atoms with Crippen molar-refractivity contribution in [2.24, 2.45) is 0 Å². The van der Waals surface area contributed by atoms with E-state index < -0.39 is 0 Å². The second kappa shape index (κ2) is 6.25. The molecule has 18 heavy (non-hydrogen) atoms. The third kappa shape index (κ3) is 3.50. The molecular formula is C14H20N2OS. The highest BCUT2D eigenvalue weighted by Crippen LogP contribution is 2.22. The number of piperazine rings is 1. The Labute approximate surface area is 113 Å². The number of carbonyl (C=O) groups excluding carboxylic acids is 1. The molecule has 0 spiro atoms. The molecule has 2 rings (SSSR count). The highest BCUT2D eigenvalue weighted by atomic mass is 32.2. The van der Waals surface area contributed by atoms with E-state index in [1.54, 1.807) is 11.8 Å². The molecule has 1 unspecified atom stereocenters. The van der Waals surface area contributed by atoms with Crippen molar-refractivity contribution in [3.8, 4) is 0 Å². The first-order valence-corrected chi connectivity index (χ1v) is 7.35. The number of thioether (sulfide) groups is 1. The zero-order valence-corrected chi connectivity index (χ0v) is 11.8. The van der Waals surface area contributed by atoms with Gasteiger partial charge < -0.3 is 10.2 Å². The van der Waals surface area contributed by atoms with Gasteiger partial charge in [-0.3, -0.25) is 4.79 Å². The highest BCUT2D eigenvalue weighted by Gasteiger charge is 2.20. The standard InChI is InChI=1S/C14H20N2OS/c1-11-5-3-4-6-13(11)18-10-14(17)16-8-7-15-12(2)9-16/h3-6,12,15H,7-10H2,1-2H3. The fourth-order valence-corrected chi connectivity index (χ4v) is 3.04. The molecule has 0 saturated carbocycles. The summed E-state index contributed by atoms with van der Waals surface area (Å²) in [6, 6.07) is 8.62. The van der Waals surface area contributed by atoms with E-state index in [1.807, 2.05) is 17.0 Å². The number of rotatable bonds is 3. The van der Waals surface area contributed by atoms with Gasteiger partial charge in [0, 0.05) is 30.6 Å². The first-order valence-electron chi connectivity index (χ1n) is 6.36. The smallest absolute Gasteiger partial charge is 0.233 e. The average molecular weight is 264 g/mol. The van der Waals surface area contributed by atoms with Gasteiger partial charge in [0.15, 0.2) is 0 Å². The Morgan fingerprint density at radius 2 is 2.28 bits per heavy atom. The van der Waals surface area contributed by atoms with Crippen LogP contribution in [-0.4, -0.2) is 42.2 Å². The molecule has 0 radical (unpaired) electrons. The summed E-state index contributed by atoms with van der Waals surface area (Å²) >= 11 is 1.64. The van der Waals surface area contributed by atoms with Crippen LogP contribution in [0.5, 0.6) is 0 Å². The second-order valence-electron chi connectivity index (χ2n) is 4.75. The van der Waals surface area contributed by atoms with E-state index >= 15 is 0 Å². The molecule has 0 aromatic heterocycles. The quantitative estimate of drug-likeness (QED) is 0.846. The lowest BCUT2D eigenvalue weighted by Crippen LogP contribution is -2.51. The van der Waals surface area contributed by atoms with Crippen LogP contribution in [-0.2, 0) is 4.79 Å². The zero-order valence-electron chi connectivity index (χ0n) is 11.0. The molecular weight excluding hydrogens is 244 g/mol. The van der Waals surface area contributed by atoms with Crippen molar-refractivity contribution in [2.45, 2.75) is 24.8 Å². The van der Waals surface area contributed by atoms with E-state index in [1.165, 1.54) is 10.5 Å². The van der Waals surface area contributed by atoms with Crippen molar-refractivity contribution in [2.75, 3.05) is 25.4 Å². The van der Waals surface area contributed by atoms with E-state index in [0.29, 0.717) is 11.8 Å². The molecule has 1 aromatic rings. The summed E-state index contributed by atoms with van der Waals surface area (Å²) in [5, 5.41) is 3.35. The molecule has 98 valence electrons. The van der Waals surface area contributed by atoms with Crippen molar-refractivity contribution >= 4 is 17.7 Å². The molecule has 1 saturated heterocycles. The van der Waals surface area contributed by atoms with Crippen LogP contribution in [0.4, 0.5) is 0 Å². The number of nitrogens with zero attached hydrogens (tertiary/aromatic N) is 1. The summed E-state index contributed by atoms with van der Waals surface area (Å²) in [7, 11) is 0. The predicted octanol–water partition coefficient (Wildman–Crippen LogP) is 1.91. The summed E-state index contributed by atoms with van der Waals surface area (Å²) < 4.78 is 0. The molecule has 1 aromatic carbocycles. The second-order valence-corrected chi connectivity index (χ2v) is 5.77. The van der Waals surface area contributed by atoms with Gasteiger partial charge in [0.25, 0.3) is 0 Å². The largest absolute Gasteiger partial charge is 0.339 e. The first-order chi connectivity index (χ1) is 8.66. The van der Waals surface area contributed by atoms with E-state index in [-0.39, 0.29) is 5.91 Å². The van der Waals surface area contributed by atoms with Gasteiger partial charge in [0.05, 0.1) is 5.75 Å². The molecule has 1 atom stereocenters. The summed E-state index contributed by atoms with van der Waals surface area (Å²) in [4.78, 5) is 15.3. The van der Waals surface area contributed by atoms with E-state index in [9.17, 15) is 4.79 Å². The van der Waals surface area contributed by atoms with Gasteiger partial charge in [0.2, 0.25) is 5.91 Å². The van der Waals surface area contributed by atoms with E-state index in [0.717, 1.165) is 19.6 Å². The van der Waals surface area contributed by atoms with Crippen LogP contribution in [0.1, 0.15) is 12.5 Å². The van der Waals surface area contributed by atoms with Crippen molar-refractivity contribution in [1.82, 2.24) is 10.2 Å². The van der Waals surface area contributed by atoms with Crippen LogP contribution in [0, 0.1) is 6.92 Å². The number of carbonyl (C=O) groups is 1. The maximum absolute atomic E-state index is 12.1. The third-order valence-electron chi connectivity index (χ3n) is 3.17. The van der Waals surface area contributed by atoms with Crippen LogP contribution in [0.3, 0.4) is 0 Å². The molecule has 1 aliphatic heterocycles. The number of amides is 1. The van der Waals surface area contributed by atoms with Gasteiger partial charge in [-0.2, -0.15) is 0 Å². The minimum Gasteiger partial charge on any atom is -0.339 e. The van der Waals surface area contributed by atoms with Gasteiger partial charge in [-0.1, -0.05) is 18.2 Å². The van der Waals surface area contributed by atoms with Crippen LogP contribution in [0.25, 0.3) is 0 Å². The van der Waals surface area contributed by atoms with Gasteiger partial charge in [-0.25, -0.2) is 0 Å². The maximum Gasteiger partial charge on any atom is 0.233 e. The van der Waals surface area contributed by atoms with Crippen molar-refractivity contribution in [3.63, 3.8) is 0 Å². The summed E-state index contributed by atoms with van der Waals surface area (Å²) in [6.45, 7) is 6.76. The molecule has 1 fully saturated rings. The normalized spacial score (nSPS) is 19.9. The molecule has 1 N–H and O–H groups in total. The monoisotopic (exact) mass is 264 g/mol. The fourth-order valence-electron chi connectivity index (χ4n) is 2.11. The lowest BCUT2D eigenvalue weighted by Gasteiger charge is -2.31. The Bertz CT molecular complexity index is 422. The van der Waals surface area contributed by atoms with Gasteiger partial charge in [-0.15, -0.1) is 11.8 Å². The fraction of sp³-hybridized carbons (Fsp3) is 0.500. The van der Waals surface area contributed by atoms with Crippen molar-refractivity contribution < 1.29 is 4.79 Å². The molecule has 0 aliphatic carbocycles. The number of aryl methyl sites for hydroxylation is 1. The summed E-state index contributed by atoms with van der Waals surface area (Å²) in [5.41, 5.74) is 1.24. The predicted molar refractivity (Wildman–Crippen MR) is 75.9 cm³/mol. The van der Waals surface area contributed by atoms with Gasteiger partial charge >= 0.3 is 0 Å².